The van der Waals surface area contributed by atoms with Gasteiger partial charge < -0.3 is 11.1 Å². The molecule has 3 N–H and O–H groups in total. The number of amides is 1. The molecule has 0 radical (unpaired) electrons. The molecular formula is C8H16N2OS. The largest absolute Gasteiger partial charge is 0.370 e. The predicted octanol–water partition coefficient (Wildman–Crippen LogP) is 0.204. The zero-order valence-electron chi connectivity index (χ0n) is 7.21. The van der Waals surface area contributed by atoms with Crippen LogP contribution in [0.4, 0.5) is 0 Å². The average Bonchev–Trinajstić information content (AvgIpc) is 2.49. The Morgan fingerprint density at radius 1 is 1.67 bits per heavy atom. The van der Waals surface area contributed by atoms with Crippen LogP contribution in [-0.4, -0.2) is 30.5 Å². The number of nitrogens with one attached hydrogen (secondary N) is 1. The van der Waals surface area contributed by atoms with Gasteiger partial charge in [-0.25, -0.2) is 0 Å². The van der Waals surface area contributed by atoms with Gasteiger partial charge in [-0.05, 0) is 30.4 Å². The van der Waals surface area contributed by atoms with E-state index in [4.69, 9.17) is 5.73 Å². The van der Waals surface area contributed by atoms with Gasteiger partial charge in [-0.15, -0.1) is 0 Å². The lowest BCUT2D eigenvalue weighted by Crippen LogP contribution is -2.26. The highest BCUT2D eigenvalue weighted by Crippen LogP contribution is 2.22. The maximum absolute atomic E-state index is 10.4. The second kappa shape index (κ2) is 5.43. The summed E-state index contributed by atoms with van der Waals surface area (Å²) >= 11 is 2.01. The molecular weight excluding hydrogens is 172 g/mol. The van der Waals surface area contributed by atoms with Crippen molar-refractivity contribution in [2.75, 3.05) is 24.6 Å². The quantitative estimate of drug-likeness (QED) is 0.606. The van der Waals surface area contributed by atoms with Gasteiger partial charge in [-0.1, -0.05) is 0 Å². The summed E-state index contributed by atoms with van der Waals surface area (Å²) in [5.74, 6) is 3.15. The molecule has 0 aromatic carbocycles. The van der Waals surface area contributed by atoms with Gasteiger partial charge in [-0.2, -0.15) is 11.8 Å². The predicted molar refractivity (Wildman–Crippen MR) is 52.1 cm³/mol. The molecule has 12 heavy (non-hydrogen) atoms. The first-order valence-electron chi connectivity index (χ1n) is 4.36. The molecule has 1 saturated heterocycles. The van der Waals surface area contributed by atoms with Crippen LogP contribution >= 0.6 is 11.8 Å². The van der Waals surface area contributed by atoms with Crippen molar-refractivity contribution >= 4 is 17.7 Å². The van der Waals surface area contributed by atoms with Crippen molar-refractivity contribution in [3.05, 3.63) is 0 Å². The molecule has 1 amide bonds. The fourth-order valence-electron chi connectivity index (χ4n) is 1.26. The maximum Gasteiger partial charge on any atom is 0.218 e. The number of nitrogens with two attached hydrogens (primary N) is 1. The topological polar surface area (TPSA) is 55.1 Å². The van der Waals surface area contributed by atoms with Crippen molar-refractivity contribution < 1.29 is 4.79 Å². The molecule has 1 aliphatic rings. The molecule has 1 heterocycles. The Labute approximate surface area is 77.5 Å². The molecule has 1 fully saturated rings. The van der Waals surface area contributed by atoms with E-state index in [0.29, 0.717) is 6.42 Å². The molecule has 0 spiro atoms. The second-order valence-corrected chi connectivity index (χ2v) is 4.30. The smallest absolute Gasteiger partial charge is 0.218 e. The van der Waals surface area contributed by atoms with E-state index in [1.165, 1.54) is 17.9 Å². The van der Waals surface area contributed by atoms with Crippen LogP contribution in [-0.2, 0) is 4.79 Å². The van der Waals surface area contributed by atoms with Crippen molar-refractivity contribution in [3.63, 3.8) is 0 Å². The number of rotatable bonds is 5. The SMILES string of the molecule is NC(=O)CCNCC1CCSC1. The molecule has 70 valence electrons. The first kappa shape index (κ1) is 9.86. The van der Waals surface area contributed by atoms with E-state index in [9.17, 15) is 4.79 Å². The lowest BCUT2D eigenvalue weighted by atomic mass is 10.1. The van der Waals surface area contributed by atoms with Crippen LogP contribution in [0.3, 0.4) is 0 Å². The van der Waals surface area contributed by atoms with Gasteiger partial charge in [0.25, 0.3) is 0 Å². The minimum atomic E-state index is -0.219. The third kappa shape index (κ3) is 3.97. The Kier molecular flexibility index (Phi) is 4.46. The van der Waals surface area contributed by atoms with Crippen LogP contribution in [0.1, 0.15) is 12.8 Å². The summed E-state index contributed by atoms with van der Waals surface area (Å²) in [5.41, 5.74) is 5.00. The summed E-state index contributed by atoms with van der Waals surface area (Å²) < 4.78 is 0. The standard InChI is InChI=1S/C8H16N2OS/c9-8(11)1-3-10-5-7-2-4-12-6-7/h7,10H,1-6H2,(H2,9,11). The Bertz CT molecular complexity index is 146. The number of hydrogen-bond donors (Lipinski definition) is 2. The third-order valence-corrected chi connectivity index (χ3v) is 3.24. The highest BCUT2D eigenvalue weighted by Gasteiger charge is 2.14. The van der Waals surface area contributed by atoms with E-state index in [1.54, 1.807) is 0 Å². The lowest BCUT2D eigenvalue weighted by Gasteiger charge is -2.08. The molecule has 1 unspecified atom stereocenters. The summed E-state index contributed by atoms with van der Waals surface area (Å²) in [6.45, 7) is 1.77. The Balaban J connectivity index is 1.91. The lowest BCUT2D eigenvalue weighted by molar-refractivity contribution is -0.117. The highest BCUT2D eigenvalue weighted by molar-refractivity contribution is 7.99. The van der Waals surface area contributed by atoms with Crippen LogP contribution in [0.5, 0.6) is 0 Å². The van der Waals surface area contributed by atoms with Gasteiger partial charge >= 0.3 is 0 Å². The van der Waals surface area contributed by atoms with Crippen LogP contribution < -0.4 is 11.1 Å². The van der Waals surface area contributed by atoms with E-state index in [0.717, 1.165) is 19.0 Å². The van der Waals surface area contributed by atoms with Crippen molar-refractivity contribution in [2.24, 2.45) is 11.7 Å². The molecule has 1 aliphatic heterocycles. The fraction of sp³-hybridized carbons (Fsp3) is 0.875. The normalized spacial score (nSPS) is 22.8. The number of primary amides is 1. The van der Waals surface area contributed by atoms with Gasteiger partial charge in [0, 0.05) is 13.0 Å². The molecule has 3 nitrogen and oxygen atoms in total. The van der Waals surface area contributed by atoms with E-state index < -0.39 is 0 Å². The van der Waals surface area contributed by atoms with Gasteiger partial charge in [0.1, 0.15) is 0 Å². The van der Waals surface area contributed by atoms with E-state index in [-0.39, 0.29) is 5.91 Å². The average molecular weight is 188 g/mol. The molecule has 0 bridgehead atoms. The van der Waals surface area contributed by atoms with E-state index in [1.807, 2.05) is 11.8 Å². The van der Waals surface area contributed by atoms with E-state index >= 15 is 0 Å². The van der Waals surface area contributed by atoms with Crippen LogP contribution in [0.15, 0.2) is 0 Å². The van der Waals surface area contributed by atoms with Crippen LogP contribution in [0.25, 0.3) is 0 Å². The summed E-state index contributed by atoms with van der Waals surface area (Å²) in [5, 5.41) is 3.24. The fourth-order valence-corrected chi connectivity index (χ4v) is 2.55. The summed E-state index contributed by atoms with van der Waals surface area (Å²) in [4.78, 5) is 10.4. The minimum Gasteiger partial charge on any atom is -0.370 e. The number of carbonyl (C=O) groups is 1. The first-order valence-corrected chi connectivity index (χ1v) is 5.51. The highest BCUT2D eigenvalue weighted by atomic mass is 32.2. The summed E-state index contributed by atoms with van der Waals surface area (Å²) in [6, 6.07) is 0. The van der Waals surface area contributed by atoms with Gasteiger partial charge in [0.15, 0.2) is 0 Å². The zero-order valence-corrected chi connectivity index (χ0v) is 8.03. The van der Waals surface area contributed by atoms with E-state index in [2.05, 4.69) is 5.32 Å². The van der Waals surface area contributed by atoms with Gasteiger partial charge in [-0.3, -0.25) is 4.79 Å². The van der Waals surface area contributed by atoms with Crippen LogP contribution in [0.2, 0.25) is 0 Å². The minimum absolute atomic E-state index is 0.219. The number of thioether (sulfide) groups is 1. The van der Waals surface area contributed by atoms with Crippen molar-refractivity contribution in [2.45, 2.75) is 12.8 Å². The van der Waals surface area contributed by atoms with Crippen molar-refractivity contribution in [1.29, 1.82) is 0 Å². The van der Waals surface area contributed by atoms with Crippen molar-refractivity contribution in [1.82, 2.24) is 5.32 Å². The molecule has 0 aliphatic carbocycles. The summed E-state index contributed by atoms with van der Waals surface area (Å²) in [7, 11) is 0. The van der Waals surface area contributed by atoms with Crippen LogP contribution in [0, 0.1) is 5.92 Å². The maximum atomic E-state index is 10.4. The summed E-state index contributed by atoms with van der Waals surface area (Å²) in [6.07, 6.45) is 1.77. The Morgan fingerprint density at radius 3 is 3.08 bits per heavy atom. The molecule has 1 rings (SSSR count). The first-order chi connectivity index (χ1) is 5.79. The Morgan fingerprint density at radius 2 is 2.50 bits per heavy atom. The third-order valence-electron chi connectivity index (χ3n) is 2.01. The monoisotopic (exact) mass is 188 g/mol. The number of hydrogen-bond acceptors (Lipinski definition) is 3. The second-order valence-electron chi connectivity index (χ2n) is 3.15. The molecule has 0 aromatic heterocycles. The van der Waals surface area contributed by atoms with Gasteiger partial charge in [0.2, 0.25) is 5.91 Å². The molecule has 1 atom stereocenters. The molecule has 0 saturated carbocycles. The number of carbonyl (C=O) groups excluding carboxylic acids is 1. The van der Waals surface area contributed by atoms with Crippen molar-refractivity contribution in [3.8, 4) is 0 Å². The Hall–Kier alpha value is -0.220. The molecule has 0 aromatic rings. The van der Waals surface area contributed by atoms with Gasteiger partial charge in [0.05, 0.1) is 0 Å². The molecule has 4 heteroatoms. The zero-order chi connectivity index (χ0) is 8.81.